The molecule has 0 aromatic rings. The second-order valence-electron chi connectivity index (χ2n) is 2.65. The van der Waals surface area contributed by atoms with Crippen LogP contribution in [0.5, 0.6) is 0 Å². The minimum absolute atomic E-state index is 0.575. The summed E-state index contributed by atoms with van der Waals surface area (Å²) in [6.45, 7) is 4.94. The average molecular weight is 159 g/mol. The largest absolute Gasteiger partial charge is 0.365 e. The molecule has 1 atom stereocenters. The first kappa shape index (κ1) is 10.6. The van der Waals surface area contributed by atoms with Crippen molar-refractivity contribution in [1.82, 2.24) is 4.90 Å². The van der Waals surface area contributed by atoms with Gasteiger partial charge in [0.15, 0.2) is 6.29 Å². The highest BCUT2D eigenvalue weighted by molar-refractivity contribution is 4.69. The van der Waals surface area contributed by atoms with Crippen LogP contribution >= 0.6 is 0 Å². The molecule has 11 heavy (non-hydrogen) atoms. The quantitative estimate of drug-likeness (QED) is 0.347. The van der Waals surface area contributed by atoms with Crippen LogP contribution in [-0.2, 0) is 4.74 Å². The number of aliphatic hydroxyl groups excluding tert-OH is 1. The summed E-state index contributed by atoms with van der Waals surface area (Å²) in [6.07, 6.45) is 1.49. The molecule has 0 heterocycles. The molecule has 66 valence electrons. The van der Waals surface area contributed by atoms with Crippen LogP contribution in [-0.4, -0.2) is 43.5 Å². The van der Waals surface area contributed by atoms with Crippen LogP contribution in [0.3, 0.4) is 0 Å². The van der Waals surface area contributed by atoms with Gasteiger partial charge in [0, 0.05) is 0 Å². The van der Waals surface area contributed by atoms with Crippen molar-refractivity contribution < 1.29 is 9.84 Å². The molecule has 0 aromatic carbocycles. The molecular formula is C8H17NO2. The molecule has 0 amide bonds. The Bertz CT molecular complexity index is 104. The lowest BCUT2D eigenvalue weighted by Crippen LogP contribution is -2.17. The van der Waals surface area contributed by atoms with Crippen molar-refractivity contribution in [2.75, 3.05) is 27.2 Å². The lowest BCUT2D eigenvalue weighted by Gasteiger charge is -2.10. The first-order valence-electron chi connectivity index (χ1n) is 3.73. The molecule has 1 N–H and O–H groups in total. The first-order valence-corrected chi connectivity index (χ1v) is 3.73. The van der Waals surface area contributed by atoms with Gasteiger partial charge < -0.3 is 14.7 Å². The molecule has 0 aliphatic heterocycles. The molecule has 0 aliphatic carbocycles. The Hall–Kier alpha value is -0.380. The standard InChI is InChI=1S/C8H17NO2/c1-4-8(10)11-7-5-6-9(2)3/h4,8,10H,1,5-7H2,2-3H3. The number of ether oxygens (including phenoxy) is 1. The van der Waals surface area contributed by atoms with Gasteiger partial charge in [0.05, 0.1) is 6.61 Å². The Balaban J connectivity index is 3.07. The van der Waals surface area contributed by atoms with E-state index in [0.717, 1.165) is 13.0 Å². The SMILES string of the molecule is C=CC(O)OCCCN(C)C. The maximum absolute atomic E-state index is 8.87. The fourth-order valence-corrected chi connectivity index (χ4v) is 0.653. The molecule has 0 fully saturated rings. The zero-order valence-corrected chi connectivity index (χ0v) is 7.29. The number of hydrogen-bond acceptors (Lipinski definition) is 3. The molecule has 0 aromatic heterocycles. The van der Waals surface area contributed by atoms with Crippen LogP contribution in [0.1, 0.15) is 6.42 Å². The van der Waals surface area contributed by atoms with E-state index in [4.69, 9.17) is 9.84 Å². The van der Waals surface area contributed by atoms with E-state index < -0.39 is 6.29 Å². The summed E-state index contributed by atoms with van der Waals surface area (Å²) in [4.78, 5) is 2.07. The van der Waals surface area contributed by atoms with Crippen LogP contribution in [0.2, 0.25) is 0 Å². The van der Waals surface area contributed by atoms with Crippen LogP contribution in [0.4, 0.5) is 0 Å². The van der Waals surface area contributed by atoms with Gasteiger partial charge in [-0.2, -0.15) is 0 Å². The molecule has 0 saturated heterocycles. The minimum atomic E-state index is -0.808. The molecule has 3 nitrogen and oxygen atoms in total. The van der Waals surface area contributed by atoms with Crippen molar-refractivity contribution >= 4 is 0 Å². The zero-order chi connectivity index (χ0) is 8.69. The van der Waals surface area contributed by atoms with Crippen molar-refractivity contribution in [3.63, 3.8) is 0 Å². The molecule has 1 unspecified atom stereocenters. The van der Waals surface area contributed by atoms with Crippen LogP contribution in [0.15, 0.2) is 12.7 Å². The van der Waals surface area contributed by atoms with Crippen molar-refractivity contribution in [1.29, 1.82) is 0 Å². The van der Waals surface area contributed by atoms with Crippen molar-refractivity contribution in [2.45, 2.75) is 12.7 Å². The second kappa shape index (κ2) is 6.34. The van der Waals surface area contributed by atoms with Crippen molar-refractivity contribution in [3.8, 4) is 0 Å². The fourth-order valence-electron chi connectivity index (χ4n) is 0.653. The number of aliphatic hydroxyl groups is 1. The van der Waals surface area contributed by atoms with Gasteiger partial charge >= 0.3 is 0 Å². The third-order valence-corrected chi connectivity index (χ3v) is 1.24. The predicted octanol–water partition coefficient (Wildman–Crippen LogP) is 0.459. The highest BCUT2D eigenvalue weighted by Gasteiger charge is 1.96. The van der Waals surface area contributed by atoms with E-state index in [2.05, 4.69) is 11.5 Å². The number of nitrogens with zero attached hydrogens (tertiary/aromatic N) is 1. The zero-order valence-electron chi connectivity index (χ0n) is 7.29. The van der Waals surface area contributed by atoms with E-state index >= 15 is 0 Å². The number of rotatable bonds is 6. The van der Waals surface area contributed by atoms with Gasteiger partial charge in [0.1, 0.15) is 0 Å². The Morgan fingerprint density at radius 2 is 2.27 bits per heavy atom. The fraction of sp³-hybridized carbons (Fsp3) is 0.750. The topological polar surface area (TPSA) is 32.7 Å². The van der Waals surface area contributed by atoms with E-state index in [9.17, 15) is 0 Å². The van der Waals surface area contributed by atoms with Gasteiger partial charge in [-0.15, -0.1) is 0 Å². The van der Waals surface area contributed by atoms with E-state index in [1.807, 2.05) is 14.1 Å². The van der Waals surface area contributed by atoms with Gasteiger partial charge in [0.2, 0.25) is 0 Å². The van der Waals surface area contributed by atoms with Gasteiger partial charge in [-0.25, -0.2) is 0 Å². The Labute approximate surface area is 68.3 Å². The Morgan fingerprint density at radius 3 is 2.73 bits per heavy atom. The predicted molar refractivity (Wildman–Crippen MR) is 45.3 cm³/mol. The smallest absolute Gasteiger partial charge is 0.173 e. The molecule has 0 saturated carbocycles. The average Bonchev–Trinajstić information content (AvgIpc) is 1.97. The summed E-state index contributed by atoms with van der Waals surface area (Å²) in [5.74, 6) is 0. The van der Waals surface area contributed by atoms with Gasteiger partial charge in [-0.3, -0.25) is 0 Å². The third kappa shape index (κ3) is 7.52. The van der Waals surface area contributed by atoms with Gasteiger partial charge in [0.25, 0.3) is 0 Å². The summed E-state index contributed by atoms with van der Waals surface area (Å²) >= 11 is 0. The van der Waals surface area contributed by atoms with Crippen LogP contribution < -0.4 is 0 Å². The van der Waals surface area contributed by atoms with Crippen molar-refractivity contribution in [2.24, 2.45) is 0 Å². The number of hydrogen-bond donors (Lipinski definition) is 1. The third-order valence-electron chi connectivity index (χ3n) is 1.24. The second-order valence-corrected chi connectivity index (χ2v) is 2.65. The van der Waals surface area contributed by atoms with Crippen LogP contribution in [0.25, 0.3) is 0 Å². The molecule has 0 rings (SSSR count). The maximum Gasteiger partial charge on any atom is 0.173 e. The van der Waals surface area contributed by atoms with E-state index in [-0.39, 0.29) is 0 Å². The summed E-state index contributed by atoms with van der Waals surface area (Å²) in [7, 11) is 4.01. The van der Waals surface area contributed by atoms with Gasteiger partial charge in [-0.1, -0.05) is 6.58 Å². The highest BCUT2D eigenvalue weighted by atomic mass is 16.6. The minimum Gasteiger partial charge on any atom is -0.365 e. The van der Waals surface area contributed by atoms with Gasteiger partial charge in [-0.05, 0) is 33.1 Å². The molecule has 0 aliphatic rings. The van der Waals surface area contributed by atoms with E-state index in [1.165, 1.54) is 6.08 Å². The molecule has 0 radical (unpaired) electrons. The lowest BCUT2D eigenvalue weighted by atomic mass is 10.4. The van der Waals surface area contributed by atoms with Crippen molar-refractivity contribution in [3.05, 3.63) is 12.7 Å². The molecule has 0 bridgehead atoms. The monoisotopic (exact) mass is 159 g/mol. The highest BCUT2D eigenvalue weighted by Crippen LogP contribution is 1.90. The van der Waals surface area contributed by atoms with Crippen LogP contribution in [0, 0.1) is 0 Å². The molecular weight excluding hydrogens is 142 g/mol. The Kier molecular flexibility index (Phi) is 6.12. The molecule has 3 heteroatoms. The van der Waals surface area contributed by atoms with E-state index in [0.29, 0.717) is 6.61 Å². The normalized spacial score (nSPS) is 13.5. The Morgan fingerprint density at radius 1 is 1.64 bits per heavy atom. The lowest BCUT2D eigenvalue weighted by molar-refractivity contribution is -0.0653. The molecule has 0 spiro atoms. The summed E-state index contributed by atoms with van der Waals surface area (Å²) in [5.41, 5.74) is 0. The summed E-state index contributed by atoms with van der Waals surface area (Å²) in [5, 5.41) is 8.87. The first-order chi connectivity index (χ1) is 5.16. The summed E-state index contributed by atoms with van der Waals surface area (Å²) < 4.78 is 4.95. The summed E-state index contributed by atoms with van der Waals surface area (Å²) in [6, 6.07) is 0. The maximum atomic E-state index is 8.87. The van der Waals surface area contributed by atoms with E-state index in [1.54, 1.807) is 0 Å².